The molecule has 0 unspecified atom stereocenters. The number of urea groups is 1. The maximum absolute atomic E-state index is 13.1. The summed E-state index contributed by atoms with van der Waals surface area (Å²) in [7, 11) is 0. The number of imidazole rings is 1. The molecule has 1 aliphatic rings. The zero-order valence-corrected chi connectivity index (χ0v) is 12.7. The molecule has 3 rings (SSSR count). The molecule has 4 N–H and O–H groups in total. The minimum atomic E-state index is -0.817. The number of rotatable bonds is 6. The zero-order chi connectivity index (χ0) is 17.1. The maximum Gasteiger partial charge on any atom is 0.322 e. The highest BCUT2D eigenvalue weighted by Crippen LogP contribution is 2.13. The van der Waals surface area contributed by atoms with Crippen molar-refractivity contribution in [1.29, 1.82) is 0 Å². The molecule has 1 fully saturated rings. The third kappa shape index (κ3) is 3.67. The number of carbonyl (C=O) groups is 3. The van der Waals surface area contributed by atoms with Gasteiger partial charge < -0.3 is 15.6 Å². The summed E-state index contributed by atoms with van der Waals surface area (Å²) in [5, 5.41) is 7.12. The van der Waals surface area contributed by atoms with E-state index in [1.54, 1.807) is 6.07 Å². The predicted molar refractivity (Wildman–Crippen MR) is 82.5 cm³/mol. The van der Waals surface area contributed by atoms with Gasteiger partial charge in [-0.25, -0.2) is 14.2 Å². The quantitative estimate of drug-likeness (QED) is 0.451. The van der Waals surface area contributed by atoms with E-state index in [1.807, 2.05) is 0 Å². The summed E-state index contributed by atoms with van der Waals surface area (Å²) in [5.41, 5.74) is 1.33. The first-order valence-electron chi connectivity index (χ1n) is 7.53. The number of fused-ring (bicyclic) bond motifs is 1. The summed E-state index contributed by atoms with van der Waals surface area (Å²) in [5.74, 6) is -0.422. The van der Waals surface area contributed by atoms with Gasteiger partial charge in [-0.3, -0.25) is 14.9 Å². The van der Waals surface area contributed by atoms with E-state index in [2.05, 4.69) is 25.9 Å². The van der Waals surface area contributed by atoms with Crippen molar-refractivity contribution in [2.24, 2.45) is 0 Å². The lowest BCUT2D eigenvalue weighted by Gasteiger charge is -2.07. The fourth-order valence-corrected chi connectivity index (χ4v) is 2.50. The highest BCUT2D eigenvalue weighted by molar-refractivity contribution is 6.05. The minimum absolute atomic E-state index is 0.0957. The second-order valence-corrected chi connectivity index (χ2v) is 5.52. The Kier molecular flexibility index (Phi) is 4.41. The average molecular weight is 333 g/mol. The number of aryl methyl sites for hydroxylation is 1. The van der Waals surface area contributed by atoms with Crippen molar-refractivity contribution in [3.8, 4) is 0 Å². The standard InChI is InChI=1S/C15H16FN5O3/c16-8-3-4-9-10(6-8)19-12(18-9)2-1-5-17-13(22)7-11-14(23)21-15(24)20-11/h3-4,6,11H,1-2,5,7H2,(H,17,22)(H,18,19)(H2,20,21,23,24)/t11-/m0/s1. The third-order valence-corrected chi connectivity index (χ3v) is 3.65. The Morgan fingerprint density at radius 2 is 2.17 bits per heavy atom. The van der Waals surface area contributed by atoms with Crippen LogP contribution in [0.5, 0.6) is 0 Å². The van der Waals surface area contributed by atoms with Crippen LogP contribution in [0, 0.1) is 5.82 Å². The van der Waals surface area contributed by atoms with Crippen molar-refractivity contribution in [1.82, 2.24) is 25.9 Å². The van der Waals surface area contributed by atoms with Crippen molar-refractivity contribution in [3.63, 3.8) is 0 Å². The number of aromatic amines is 1. The smallest absolute Gasteiger partial charge is 0.322 e. The summed E-state index contributed by atoms with van der Waals surface area (Å²) in [4.78, 5) is 41.4. The summed E-state index contributed by atoms with van der Waals surface area (Å²) >= 11 is 0. The van der Waals surface area contributed by atoms with Crippen LogP contribution in [0.3, 0.4) is 0 Å². The molecule has 126 valence electrons. The first kappa shape index (κ1) is 15.9. The molecular weight excluding hydrogens is 317 g/mol. The van der Waals surface area contributed by atoms with Crippen molar-refractivity contribution in [2.75, 3.05) is 6.54 Å². The first-order valence-corrected chi connectivity index (χ1v) is 7.53. The number of hydrogen-bond acceptors (Lipinski definition) is 4. The normalized spacial score (nSPS) is 17.0. The van der Waals surface area contributed by atoms with E-state index in [-0.39, 0.29) is 18.1 Å². The van der Waals surface area contributed by atoms with Gasteiger partial charge in [-0.2, -0.15) is 0 Å². The van der Waals surface area contributed by atoms with Gasteiger partial charge in [0.2, 0.25) is 5.91 Å². The van der Waals surface area contributed by atoms with Gasteiger partial charge in [0, 0.05) is 13.0 Å². The van der Waals surface area contributed by atoms with Crippen LogP contribution in [0.1, 0.15) is 18.7 Å². The number of amides is 4. The van der Waals surface area contributed by atoms with Crippen LogP contribution in [0.15, 0.2) is 18.2 Å². The van der Waals surface area contributed by atoms with Crippen LogP contribution < -0.4 is 16.0 Å². The lowest BCUT2D eigenvalue weighted by molar-refractivity contribution is -0.126. The second kappa shape index (κ2) is 6.65. The van der Waals surface area contributed by atoms with Crippen LogP contribution in [0.4, 0.5) is 9.18 Å². The number of aromatic nitrogens is 2. The molecule has 4 amide bonds. The molecule has 0 saturated carbocycles. The fraction of sp³-hybridized carbons (Fsp3) is 0.333. The predicted octanol–water partition coefficient (Wildman–Crippen LogP) is 0.349. The molecule has 1 aliphatic heterocycles. The molecule has 1 aromatic carbocycles. The Morgan fingerprint density at radius 1 is 1.33 bits per heavy atom. The minimum Gasteiger partial charge on any atom is -0.356 e. The Hall–Kier alpha value is -2.97. The van der Waals surface area contributed by atoms with Crippen LogP contribution in [0.2, 0.25) is 0 Å². The first-order chi connectivity index (χ1) is 11.5. The number of carbonyl (C=O) groups excluding carboxylic acids is 3. The van der Waals surface area contributed by atoms with Crippen LogP contribution in [0.25, 0.3) is 11.0 Å². The second-order valence-electron chi connectivity index (χ2n) is 5.52. The van der Waals surface area contributed by atoms with E-state index in [4.69, 9.17) is 0 Å². The van der Waals surface area contributed by atoms with Gasteiger partial charge in [0.1, 0.15) is 17.7 Å². The average Bonchev–Trinajstić information content (AvgIpc) is 3.06. The van der Waals surface area contributed by atoms with Crippen LogP contribution in [-0.2, 0) is 16.0 Å². The lowest BCUT2D eigenvalue weighted by Crippen LogP contribution is -2.36. The molecule has 1 saturated heterocycles. The van der Waals surface area contributed by atoms with E-state index in [1.165, 1.54) is 12.1 Å². The lowest BCUT2D eigenvalue weighted by atomic mass is 10.2. The summed E-state index contributed by atoms with van der Waals surface area (Å²) in [6.45, 7) is 0.409. The van der Waals surface area contributed by atoms with Gasteiger partial charge in [-0.05, 0) is 24.6 Å². The number of halogens is 1. The van der Waals surface area contributed by atoms with E-state index in [0.717, 1.165) is 0 Å². The molecule has 0 spiro atoms. The zero-order valence-electron chi connectivity index (χ0n) is 12.7. The number of H-pyrrole nitrogens is 1. The van der Waals surface area contributed by atoms with E-state index >= 15 is 0 Å². The number of nitrogens with one attached hydrogen (secondary N) is 4. The third-order valence-electron chi connectivity index (χ3n) is 3.65. The fourth-order valence-electron chi connectivity index (χ4n) is 2.50. The molecule has 24 heavy (non-hydrogen) atoms. The number of nitrogens with zero attached hydrogens (tertiary/aromatic N) is 1. The molecule has 1 aromatic heterocycles. The molecule has 0 radical (unpaired) electrons. The van der Waals surface area contributed by atoms with Gasteiger partial charge in [-0.15, -0.1) is 0 Å². The summed E-state index contributed by atoms with van der Waals surface area (Å²) in [6.07, 6.45) is 1.13. The molecule has 1 atom stereocenters. The molecule has 9 heteroatoms. The number of hydrogen-bond donors (Lipinski definition) is 4. The Balaban J connectivity index is 1.42. The van der Waals surface area contributed by atoms with Crippen molar-refractivity contribution in [3.05, 3.63) is 29.8 Å². The van der Waals surface area contributed by atoms with Crippen molar-refractivity contribution < 1.29 is 18.8 Å². The number of benzene rings is 1. The van der Waals surface area contributed by atoms with Gasteiger partial charge in [-0.1, -0.05) is 0 Å². The van der Waals surface area contributed by atoms with Gasteiger partial charge in [0.15, 0.2) is 0 Å². The van der Waals surface area contributed by atoms with E-state index < -0.39 is 18.0 Å². The summed E-state index contributed by atoms with van der Waals surface area (Å²) < 4.78 is 13.1. The molecular formula is C15H16FN5O3. The van der Waals surface area contributed by atoms with Crippen LogP contribution >= 0.6 is 0 Å². The maximum atomic E-state index is 13.1. The Bertz CT molecular complexity index is 804. The monoisotopic (exact) mass is 333 g/mol. The van der Waals surface area contributed by atoms with Crippen molar-refractivity contribution >= 4 is 28.9 Å². The molecule has 0 bridgehead atoms. The largest absolute Gasteiger partial charge is 0.356 e. The Morgan fingerprint density at radius 3 is 2.92 bits per heavy atom. The van der Waals surface area contributed by atoms with E-state index in [9.17, 15) is 18.8 Å². The number of imide groups is 1. The molecule has 0 aliphatic carbocycles. The SMILES string of the molecule is O=C(C[C@@H]1NC(=O)NC1=O)NCCCc1nc2ccc(F)cc2[nH]1. The van der Waals surface area contributed by atoms with Gasteiger partial charge >= 0.3 is 6.03 Å². The molecule has 2 heterocycles. The Labute approximate surface area is 136 Å². The van der Waals surface area contributed by atoms with Gasteiger partial charge in [0.05, 0.1) is 17.5 Å². The topological polar surface area (TPSA) is 116 Å². The van der Waals surface area contributed by atoms with E-state index in [0.29, 0.717) is 36.2 Å². The molecule has 2 aromatic rings. The van der Waals surface area contributed by atoms with Gasteiger partial charge in [0.25, 0.3) is 5.91 Å². The van der Waals surface area contributed by atoms with Crippen molar-refractivity contribution in [2.45, 2.75) is 25.3 Å². The highest BCUT2D eigenvalue weighted by atomic mass is 19.1. The summed E-state index contributed by atoms with van der Waals surface area (Å²) in [6, 6.07) is 2.94. The van der Waals surface area contributed by atoms with Crippen LogP contribution in [-0.4, -0.2) is 40.4 Å². The highest BCUT2D eigenvalue weighted by Gasteiger charge is 2.30. The molecule has 8 nitrogen and oxygen atoms in total.